The number of carboxylic acid groups (broad SMARTS) is 1. The molecule has 0 radical (unpaired) electrons. The number of nitrogens with zero attached hydrogens (tertiary/aromatic N) is 2. The standard InChI is InChI=1S/C14H20N2O4S2/c1-10-8-12(21-13(10)14(17)18)22(19,20)16-7-4-11(9-16)15-5-2-3-6-15/h8,11H,2-7,9H2,1H3,(H,17,18). The number of aromatic carboxylic acids is 1. The lowest BCUT2D eigenvalue weighted by Crippen LogP contribution is -2.36. The van der Waals surface area contributed by atoms with Gasteiger partial charge in [-0.3, -0.25) is 4.90 Å². The third-order valence-electron chi connectivity index (χ3n) is 4.47. The van der Waals surface area contributed by atoms with Crippen LogP contribution in [0.4, 0.5) is 0 Å². The molecule has 2 aliphatic heterocycles. The number of hydrogen-bond donors (Lipinski definition) is 1. The minimum absolute atomic E-state index is 0.105. The first-order valence-corrected chi connectivity index (χ1v) is 9.73. The maximum Gasteiger partial charge on any atom is 0.346 e. The number of carbonyl (C=O) groups is 1. The Morgan fingerprint density at radius 2 is 2.00 bits per heavy atom. The Bertz CT molecular complexity index is 677. The summed E-state index contributed by atoms with van der Waals surface area (Å²) in [6, 6.07) is 1.78. The second-order valence-electron chi connectivity index (χ2n) is 5.93. The predicted molar refractivity (Wildman–Crippen MR) is 84.0 cm³/mol. The summed E-state index contributed by atoms with van der Waals surface area (Å²) < 4.78 is 27.1. The van der Waals surface area contributed by atoms with E-state index in [4.69, 9.17) is 5.11 Å². The Labute approximate surface area is 134 Å². The van der Waals surface area contributed by atoms with Crippen molar-refractivity contribution in [3.8, 4) is 0 Å². The molecule has 1 aromatic rings. The lowest BCUT2D eigenvalue weighted by atomic mass is 10.2. The quantitative estimate of drug-likeness (QED) is 0.898. The Kier molecular flexibility index (Phi) is 4.28. The summed E-state index contributed by atoms with van der Waals surface area (Å²) in [5.41, 5.74) is 0.506. The van der Waals surface area contributed by atoms with Gasteiger partial charge in [-0.1, -0.05) is 0 Å². The SMILES string of the molecule is Cc1cc(S(=O)(=O)N2CCC(N3CCCC3)C2)sc1C(=O)O. The van der Waals surface area contributed by atoms with E-state index in [-0.39, 0.29) is 9.09 Å². The minimum atomic E-state index is -3.57. The van der Waals surface area contributed by atoms with Crippen LogP contribution < -0.4 is 0 Å². The number of thiophene rings is 1. The molecule has 2 fully saturated rings. The number of rotatable bonds is 4. The van der Waals surface area contributed by atoms with Gasteiger partial charge in [-0.05, 0) is 50.9 Å². The van der Waals surface area contributed by atoms with Gasteiger partial charge in [-0.25, -0.2) is 13.2 Å². The zero-order chi connectivity index (χ0) is 15.9. The fraction of sp³-hybridized carbons (Fsp3) is 0.643. The van der Waals surface area contributed by atoms with Crippen LogP contribution in [0.15, 0.2) is 10.3 Å². The molecule has 3 heterocycles. The molecule has 0 saturated carbocycles. The van der Waals surface area contributed by atoms with E-state index in [1.54, 1.807) is 6.92 Å². The van der Waals surface area contributed by atoms with Gasteiger partial charge in [0.05, 0.1) is 0 Å². The average Bonchev–Trinajstić information content (AvgIpc) is 3.18. The van der Waals surface area contributed by atoms with Gasteiger partial charge >= 0.3 is 5.97 Å². The Morgan fingerprint density at radius 1 is 1.32 bits per heavy atom. The van der Waals surface area contributed by atoms with Crippen molar-refractivity contribution in [3.63, 3.8) is 0 Å². The van der Waals surface area contributed by atoms with Crippen LogP contribution in [0, 0.1) is 6.92 Å². The van der Waals surface area contributed by atoms with Crippen LogP contribution in [0.3, 0.4) is 0 Å². The van der Waals surface area contributed by atoms with Gasteiger partial charge in [-0.15, -0.1) is 11.3 Å². The molecule has 6 nitrogen and oxygen atoms in total. The smallest absolute Gasteiger partial charge is 0.346 e. The van der Waals surface area contributed by atoms with E-state index in [1.165, 1.54) is 23.2 Å². The Hall–Kier alpha value is -0.960. The fourth-order valence-electron chi connectivity index (χ4n) is 3.25. The molecule has 0 spiro atoms. The predicted octanol–water partition coefficient (Wildman–Crippen LogP) is 1.61. The van der Waals surface area contributed by atoms with Crippen molar-refractivity contribution in [2.45, 2.75) is 36.4 Å². The first kappa shape index (κ1) is 15.9. The lowest BCUT2D eigenvalue weighted by Gasteiger charge is -2.23. The highest BCUT2D eigenvalue weighted by Gasteiger charge is 2.37. The summed E-state index contributed by atoms with van der Waals surface area (Å²) in [5, 5.41) is 9.09. The van der Waals surface area contributed by atoms with Crippen molar-refractivity contribution >= 4 is 27.3 Å². The largest absolute Gasteiger partial charge is 0.477 e. The summed E-state index contributed by atoms with van der Waals surface area (Å²) in [7, 11) is -3.57. The maximum atomic E-state index is 12.7. The van der Waals surface area contributed by atoms with Gasteiger partial charge in [0.15, 0.2) is 0 Å². The number of sulfonamides is 1. The van der Waals surface area contributed by atoms with Crippen LogP contribution >= 0.6 is 11.3 Å². The van der Waals surface area contributed by atoms with E-state index in [2.05, 4.69) is 4.90 Å². The first-order chi connectivity index (χ1) is 10.4. The van der Waals surface area contributed by atoms with Gasteiger partial charge in [0.25, 0.3) is 10.0 Å². The van der Waals surface area contributed by atoms with Crippen molar-refractivity contribution in [1.82, 2.24) is 9.21 Å². The summed E-state index contributed by atoms with van der Waals surface area (Å²) in [4.78, 5) is 13.6. The molecule has 0 bridgehead atoms. The van der Waals surface area contributed by atoms with E-state index in [1.807, 2.05) is 0 Å². The molecule has 0 aromatic carbocycles. The number of likely N-dealkylation sites (tertiary alicyclic amines) is 1. The molecule has 1 unspecified atom stereocenters. The molecule has 1 aromatic heterocycles. The summed E-state index contributed by atoms with van der Waals surface area (Å²) in [6.07, 6.45) is 3.24. The normalized spacial score (nSPS) is 24.1. The van der Waals surface area contributed by atoms with Crippen LogP contribution in [0.5, 0.6) is 0 Å². The summed E-state index contributed by atoms with van der Waals surface area (Å²) in [5.74, 6) is -1.07. The lowest BCUT2D eigenvalue weighted by molar-refractivity contribution is 0.0701. The Morgan fingerprint density at radius 3 is 2.59 bits per heavy atom. The zero-order valence-corrected chi connectivity index (χ0v) is 14.1. The molecule has 122 valence electrons. The molecule has 1 atom stereocenters. The van der Waals surface area contributed by atoms with Crippen molar-refractivity contribution in [2.75, 3.05) is 26.2 Å². The van der Waals surface area contributed by atoms with Gasteiger partial charge in [0, 0.05) is 19.1 Å². The third-order valence-corrected chi connectivity index (χ3v) is 8.01. The van der Waals surface area contributed by atoms with E-state index >= 15 is 0 Å². The summed E-state index contributed by atoms with van der Waals surface area (Å²) in [6.45, 7) is 4.78. The molecule has 8 heteroatoms. The summed E-state index contributed by atoms with van der Waals surface area (Å²) >= 11 is 0.852. The maximum absolute atomic E-state index is 12.7. The number of hydrogen-bond acceptors (Lipinski definition) is 5. The topological polar surface area (TPSA) is 77.9 Å². The van der Waals surface area contributed by atoms with Gasteiger partial charge in [0.2, 0.25) is 0 Å². The highest BCUT2D eigenvalue weighted by molar-refractivity contribution is 7.91. The molecule has 0 aliphatic carbocycles. The number of carboxylic acids is 1. The molecule has 2 aliphatic rings. The highest BCUT2D eigenvalue weighted by Crippen LogP contribution is 2.31. The van der Waals surface area contributed by atoms with E-state index in [0.717, 1.165) is 30.8 Å². The Balaban J connectivity index is 1.78. The average molecular weight is 344 g/mol. The number of aryl methyl sites for hydroxylation is 1. The van der Waals surface area contributed by atoms with Crippen molar-refractivity contribution in [2.24, 2.45) is 0 Å². The van der Waals surface area contributed by atoms with Crippen LogP contribution in [-0.2, 0) is 10.0 Å². The highest BCUT2D eigenvalue weighted by atomic mass is 32.2. The zero-order valence-electron chi connectivity index (χ0n) is 12.5. The minimum Gasteiger partial charge on any atom is -0.477 e. The second-order valence-corrected chi connectivity index (χ2v) is 9.15. The molecular weight excluding hydrogens is 324 g/mol. The van der Waals surface area contributed by atoms with E-state index < -0.39 is 16.0 Å². The first-order valence-electron chi connectivity index (χ1n) is 7.47. The van der Waals surface area contributed by atoms with Crippen LogP contribution in [-0.4, -0.2) is 60.9 Å². The third kappa shape index (κ3) is 2.80. The van der Waals surface area contributed by atoms with Crippen LogP contribution in [0.1, 0.15) is 34.5 Å². The molecule has 0 amide bonds. The fourth-order valence-corrected chi connectivity index (χ4v) is 6.28. The van der Waals surface area contributed by atoms with Crippen molar-refractivity contribution in [3.05, 3.63) is 16.5 Å². The molecular formula is C14H20N2O4S2. The van der Waals surface area contributed by atoms with Crippen LogP contribution in [0.2, 0.25) is 0 Å². The molecule has 2 saturated heterocycles. The van der Waals surface area contributed by atoms with Gasteiger partial charge in [0.1, 0.15) is 9.09 Å². The molecule has 22 heavy (non-hydrogen) atoms. The van der Waals surface area contributed by atoms with Gasteiger partial charge < -0.3 is 5.11 Å². The van der Waals surface area contributed by atoms with Crippen LogP contribution in [0.25, 0.3) is 0 Å². The van der Waals surface area contributed by atoms with Crippen molar-refractivity contribution in [1.29, 1.82) is 0 Å². The molecule has 3 rings (SSSR count). The van der Waals surface area contributed by atoms with E-state index in [9.17, 15) is 13.2 Å². The molecule has 1 N–H and O–H groups in total. The van der Waals surface area contributed by atoms with Gasteiger partial charge in [-0.2, -0.15) is 4.31 Å². The monoisotopic (exact) mass is 344 g/mol. The van der Waals surface area contributed by atoms with E-state index in [0.29, 0.717) is 24.7 Å². The van der Waals surface area contributed by atoms with Crippen molar-refractivity contribution < 1.29 is 18.3 Å². The second kappa shape index (κ2) is 5.92.